The molecule has 0 aliphatic heterocycles. The minimum absolute atomic E-state index is 0.264. The quantitative estimate of drug-likeness (QED) is 0.540. The fourth-order valence-corrected chi connectivity index (χ4v) is 0.781. The van der Waals surface area contributed by atoms with E-state index in [4.69, 9.17) is 10.1 Å². The number of benzene rings is 1. The molecule has 0 saturated heterocycles. The highest BCUT2D eigenvalue weighted by Gasteiger charge is 1.91. The zero-order chi connectivity index (χ0) is 8.81. The molecule has 0 atom stereocenters. The zero-order valence-corrected chi connectivity index (χ0v) is 6.49. The van der Waals surface area contributed by atoms with Crippen LogP contribution in [0.25, 0.3) is 0 Å². The Balaban J connectivity index is 2.64. The molecule has 0 unspecified atom stereocenters. The van der Waals surface area contributed by atoms with Gasteiger partial charge >= 0.3 is 0 Å². The smallest absolute Gasteiger partial charge is 0.150 e. The predicted octanol–water partition coefficient (Wildman–Crippen LogP) is 1.53. The number of rotatable bonds is 4. The van der Waals surface area contributed by atoms with Crippen molar-refractivity contribution in [1.29, 1.82) is 5.41 Å². The average Bonchev–Trinajstić information content (AvgIpc) is 2.15. The van der Waals surface area contributed by atoms with Crippen molar-refractivity contribution in [2.45, 2.75) is 0 Å². The van der Waals surface area contributed by atoms with Crippen molar-refractivity contribution in [1.82, 2.24) is 0 Å². The molecule has 0 fully saturated rings. The number of hydrogen-bond donors (Lipinski definition) is 1. The average molecular weight is 163 g/mol. The standard InChI is InChI=1S/C9H9NO2/c10-5-6-12-9-3-1-8(7-11)2-4-9/h1-5,7,10H,6H2. The van der Waals surface area contributed by atoms with E-state index in [0.717, 1.165) is 6.29 Å². The van der Waals surface area contributed by atoms with E-state index in [1.54, 1.807) is 24.3 Å². The molecule has 1 aromatic carbocycles. The van der Waals surface area contributed by atoms with Crippen LogP contribution in [0, 0.1) is 5.41 Å². The second-order valence-electron chi connectivity index (χ2n) is 2.20. The summed E-state index contributed by atoms with van der Waals surface area (Å²) in [7, 11) is 0. The third-order valence-electron chi connectivity index (χ3n) is 1.35. The zero-order valence-electron chi connectivity index (χ0n) is 6.49. The second kappa shape index (κ2) is 4.28. The number of carbonyl (C=O) groups is 1. The molecule has 0 spiro atoms. The number of hydrogen-bond acceptors (Lipinski definition) is 3. The van der Waals surface area contributed by atoms with Gasteiger partial charge in [0.05, 0.1) is 0 Å². The lowest BCUT2D eigenvalue weighted by atomic mass is 10.2. The van der Waals surface area contributed by atoms with Gasteiger partial charge in [0.2, 0.25) is 0 Å². The van der Waals surface area contributed by atoms with Gasteiger partial charge in [0.25, 0.3) is 0 Å². The Hall–Kier alpha value is -1.64. The molecule has 0 amide bonds. The molecule has 0 aliphatic rings. The van der Waals surface area contributed by atoms with E-state index in [-0.39, 0.29) is 6.61 Å². The maximum atomic E-state index is 10.3. The summed E-state index contributed by atoms with van der Waals surface area (Å²) >= 11 is 0. The molecule has 12 heavy (non-hydrogen) atoms. The maximum Gasteiger partial charge on any atom is 0.150 e. The van der Waals surface area contributed by atoms with Gasteiger partial charge in [-0.15, -0.1) is 0 Å². The van der Waals surface area contributed by atoms with Crippen molar-refractivity contribution in [3.8, 4) is 5.75 Å². The lowest BCUT2D eigenvalue weighted by molar-refractivity contribution is 0.112. The molecule has 62 valence electrons. The number of nitrogens with one attached hydrogen (secondary N) is 1. The summed E-state index contributed by atoms with van der Waals surface area (Å²) in [6.45, 7) is 0.264. The van der Waals surface area contributed by atoms with Crippen LogP contribution in [0.5, 0.6) is 5.75 Å². The van der Waals surface area contributed by atoms with Gasteiger partial charge in [0.15, 0.2) is 0 Å². The van der Waals surface area contributed by atoms with Crippen molar-refractivity contribution in [2.75, 3.05) is 6.61 Å². The van der Waals surface area contributed by atoms with Crippen molar-refractivity contribution in [3.63, 3.8) is 0 Å². The highest BCUT2D eigenvalue weighted by Crippen LogP contribution is 2.10. The summed E-state index contributed by atoms with van der Waals surface area (Å²) < 4.78 is 5.10. The van der Waals surface area contributed by atoms with E-state index in [1.807, 2.05) is 0 Å². The molecule has 0 saturated carbocycles. The fourth-order valence-electron chi connectivity index (χ4n) is 0.781. The molecule has 0 radical (unpaired) electrons. The van der Waals surface area contributed by atoms with Gasteiger partial charge in [-0.05, 0) is 24.3 Å². The van der Waals surface area contributed by atoms with E-state index >= 15 is 0 Å². The first kappa shape index (κ1) is 8.46. The number of ether oxygens (including phenoxy) is 1. The third-order valence-corrected chi connectivity index (χ3v) is 1.35. The lowest BCUT2D eigenvalue weighted by Gasteiger charge is -2.00. The van der Waals surface area contributed by atoms with E-state index in [0.29, 0.717) is 11.3 Å². The molecule has 1 rings (SSSR count). The van der Waals surface area contributed by atoms with Gasteiger partial charge in [-0.3, -0.25) is 4.79 Å². The van der Waals surface area contributed by atoms with Crippen molar-refractivity contribution >= 4 is 12.5 Å². The van der Waals surface area contributed by atoms with Crippen LogP contribution in [0.4, 0.5) is 0 Å². The van der Waals surface area contributed by atoms with Crippen molar-refractivity contribution in [3.05, 3.63) is 29.8 Å². The SMILES string of the molecule is N=CCOc1ccc(C=O)cc1. The summed E-state index contributed by atoms with van der Waals surface area (Å²) in [5.74, 6) is 0.670. The summed E-state index contributed by atoms with van der Waals surface area (Å²) in [5.41, 5.74) is 0.622. The van der Waals surface area contributed by atoms with Crippen LogP contribution in [0.15, 0.2) is 24.3 Å². The summed E-state index contributed by atoms with van der Waals surface area (Å²) in [5, 5.41) is 6.72. The molecule has 0 aliphatic carbocycles. The predicted molar refractivity (Wildman–Crippen MR) is 46.1 cm³/mol. The number of carbonyl (C=O) groups excluding carboxylic acids is 1. The summed E-state index contributed by atoms with van der Waals surface area (Å²) in [6, 6.07) is 6.75. The van der Waals surface area contributed by atoms with Gasteiger partial charge in [0, 0.05) is 11.8 Å². The monoisotopic (exact) mass is 163 g/mol. The molecule has 1 N–H and O–H groups in total. The van der Waals surface area contributed by atoms with E-state index in [1.165, 1.54) is 6.21 Å². The first-order chi connectivity index (χ1) is 5.86. The van der Waals surface area contributed by atoms with Crippen LogP contribution in [0.2, 0.25) is 0 Å². The topological polar surface area (TPSA) is 50.1 Å². The first-order valence-electron chi connectivity index (χ1n) is 3.54. The molecule has 3 nitrogen and oxygen atoms in total. The Kier molecular flexibility index (Phi) is 3.02. The lowest BCUT2D eigenvalue weighted by Crippen LogP contribution is -1.96. The largest absolute Gasteiger partial charge is 0.488 e. The summed E-state index contributed by atoms with van der Waals surface area (Å²) in [4.78, 5) is 10.3. The van der Waals surface area contributed by atoms with Crippen LogP contribution in [-0.4, -0.2) is 19.1 Å². The van der Waals surface area contributed by atoms with Gasteiger partial charge in [-0.2, -0.15) is 0 Å². The molecule has 0 bridgehead atoms. The maximum absolute atomic E-state index is 10.3. The second-order valence-corrected chi connectivity index (χ2v) is 2.20. The van der Waals surface area contributed by atoms with E-state index in [9.17, 15) is 4.79 Å². The normalized spacial score (nSPS) is 9.00. The number of aldehydes is 1. The van der Waals surface area contributed by atoms with Crippen LogP contribution < -0.4 is 4.74 Å². The summed E-state index contributed by atoms with van der Waals surface area (Å²) in [6.07, 6.45) is 1.95. The Morgan fingerprint density at radius 1 is 1.33 bits per heavy atom. The van der Waals surface area contributed by atoms with Crippen molar-refractivity contribution < 1.29 is 9.53 Å². The minimum atomic E-state index is 0.264. The van der Waals surface area contributed by atoms with Gasteiger partial charge < -0.3 is 10.1 Å². The van der Waals surface area contributed by atoms with Crippen molar-refractivity contribution in [2.24, 2.45) is 0 Å². The van der Waals surface area contributed by atoms with E-state index in [2.05, 4.69) is 0 Å². The molecular formula is C9H9NO2. The molecule has 3 heteroatoms. The molecule has 1 aromatic rings. The van der Waals surface area contributed by atoms with Gasteiger partial charge in [0.1, 0.15) is 18.6 Å². The highest BCUT2D eigenvalue weighted by atomic mass is 16.5. The molecule has 0 heterocycles. The van der Waals surface area contributed by atoms with Gasteiger partial charge in [-0.1, -0.05) is 0 Å². The van der Waals surface area contributed by atoms with E-state index < -0.39 is 0 Å². The minimum Gasteiger partial charge on any atom is -0.488 e. The van der Waals surface area contributed by atoms with Crippen LogP contribution in [-0.2, 0) is 0 Å². The Morgan fingerprint density at radius 3 is 2.50 bits per heavy atom. The van der Waals surface area contributed by atoms with Crippen LogP contribution in [0.3, 0.4) is 0 Å². The Morgan fingerprint density at radius 2 is 2.00 bits per heavy atom. The fraction of sp³-hybridized carbons (Fsp3) is 0.111. The molecular weight excluding hydrogens is 154 g/mol. The van der Waals surface area contributed by atoms with Crippen LogP contribution >= 0.6 is 0 Å². The third kappa shape index (κ3) is 2.20. The first-order valence-corrected chi connectivity index (χ1v) is 3.54. The molecule has 0 aromatic heterocycles. The Labute approximate surface area is 70.5 Å². The Bertz CT molecular complexity index is 266. The van der Waals surface area contributed by atoms with Gasteiger partial charge in [-0.25, -0.2) is 0 Å². The van der Waals surface area contributed by atoms with Crippen LogP contribution in [0.1, 0.15) is 10.4 Å². The highest BCUT2D eigenvalue weighted by molar-refractivity contribution is 5.74.